The Hall–Kier alpha value is -2.22. The molecule has 2 aliphatic rings. The molecule has 0 aromatic carbocycles. The molecule has 1 saturated carbocycles. The highest BCUT2D eigenvalue weighted by atomic mass is 15.4. The highest BCUT2D eigenvalue weighted by molar-refractivity contribution is 5.64. The molecule has 0 spiro atoms. The molecule has 3 heterocycles. The van der Waals surface area contributed by atoms with Gasteiger partial charge in [-0.1, -0.05) is 19.8 Å². The Morgan fingerprint density at radius 2 is 2.09 bits per heavy atom. The Bertz CT molecular complexity index is 718. The molecule has 1 fully saturated rings. The molecular formula is C15H22N8. The Morgan fingerprint density at radius 1 is 1.30 bits per heavy atom. The molecule has 2 aromatic rings. The Balaban J connectivity index is 1.93. The molecule has 2 aromatic heterocycles. The van der Waals surface area contributed by atoms with E-state index in [-0.39, 0.29) is 6.04 Å². The first-order valence-corrected chi connectivity index (χ1v) is 8.28. The standard InChI is InChI=1S/C15H22N8/c1-3-11-14-21-20-9(2)22(14)12-8-17-15(19-16)18-13(12)23(11)10-6-4-5-7-10/h8,10-11H,3-7,16H2,1-2H3,(H,17,18,19)/t11-/m1/s1. The van der Waals surface area contributed by atoms with Crippen molar-refractivity contribution in [3.8, 4) is 5.69 Å². The van der Waals surface area contributed by atoms with E-state index in [1.165, 1.54) is 25.7 Å². The lowest BCUT2D eigenvalue weighted by atomic mass is 10.0. The van der Waals surface area contributed by atoms with Crippen LogP contribution in [0.15, 0.2) is 6.20 Å². The fourth-order valence-corrected chi connectivity index (χ4v) is 3.94. The first-order chi connectivity index (χ1) is 11.2. The molecule has 23 heavy (non-hydrogen) atoms. The lowest BCUT2D eigenvalue weighted by Gasteiger charge is -2.41. The molecule has 0 unspecified atom stereocenters. The van der Waals surface area contributed by atoms with Crippen LogP contribution >= 0.6 is 0 Å². The van der Waals surface area contributed by atoms with E-state index in [2.05, 4.69) is 42.0 Å². The van der Waals surface area contributed by atoms with Crippen LogP contribution in [0, 0.1) is 6.92 Å². The molecule has 8 heteroatoms. The number of hydrazine groups is 1. The van der Waals surface area contributed by atoms with Gasteiger partial charge in [-0.25, -0.2) is 10.8 Å². The Kier molecular flexibility index (Phi) is 3.41. The second kappa shape index (κ2) is 5.45. The number of nitrogens with zero attached hydrogens (tertiary/aromatic N) is 6. The van der Waals surface area contributed by atoms with Gasteiger partial charge in [-0.15, -0.1) is 10.2 Å². The van der Waals surface area contributed by atoms with Crippen molar-refractivity contribution in [2.45, 2.75) is 58.0 Å². The third-order valence-electron chi connectivity index (χ3n) is 4.95. The third kappa shape index (κ3) is 2.08. The zero-order chi connectivity index (χ0) is 16.0. The zero-order valence-electron chi connectivity index (χ0n) is 13.5. The van der Waals surface area contributed by atoms with Gasteiger partial charge >= 0.3 is 0 Å². The van der Waals surface area contributed by atoms with Gasteiger partial charge in [0.05, 0.1) is 12.2 Å². The molecule has 1 aliphatic carbocycles. The van der Waals surface area contributed by atoms with E-state index >= 15 is 0 Å². The number of nitrogens with two attached hydrogens (primary N) is 1. The smallest absolute Gasteiger partial charge is 0.239 e. The van der Waals surface area contributed by atoms with E-state index in [0.29, 0.717) is 12.0 Å². The van der Waals surface area contributed by atoms with Gasteiger partial charge in [0.25, 0.3) is 0 Å². The van der Waals surface area contributed by atoms with Crippen molar-refractivity contribution in [3.05, 3.63) is 17.8 Å². The molecule has 8 nitrogen and oxygen atoms in total. The summed E-state index contributed by atoms with van der Waals surface area (Å²) in [6.07, 6.45) is 7.70. The van der Waals surface area contributed by atoms with Crippen LogP contribution in [0.5, 0.6) is 0 Å². The number of nitrogen functional groups attached to an aromatic ring is 1. The average molecular weight is 314 g/mol. The zero-order valence-corrected chi connectivity index (χ0v) is 13.5. The summed E-state index contributed by atoms with van der Waals surface area (Å²) in [4.78, 5) is 11.4. The summed E-state index contributed by atoms with van der Waals surface area (Å²) < 4.78 is 2.08. The van der Waals surface area contributed by atoms with Gasteiger partial charge in [0.1, 0.15) is 11.5 Å². The lowest BCUT2D eigenvalue weighted by Crippen LogP contribution is -2.42. The van der Waals surface area contributed by atoms with Crippen LogP contribution in [-0.4, -0.2) is 30.8 Å². The van der Waals surface area contributed by atoms with Crippen LogP contribution in [0.4, 0.5) is 11.8 Å². The van der Waals surface area contributed by atoms with Crippen molar-refractivity contribution in [2.24, 2.45) is 5.84 Å². The molecule has 0 amide bonds. The maximum Gasteiger partial charge on any atom is 0.239 e. The SMILES string of the molecule is CC[C@@H]1c2nnc(C)n2-c2cnc(NN)nc2N1C1CCCC1. The van der Waals surface area contributed by atoms with Crippen LogP contribution < -0.4 is 16.2 Å². The summed E-state index contributed by atoms with van der Waals surface area (Å²) in [6.45, 7) is 4.16. The van der Waals surface area contributed by atoms with E-state index in [1.807, 2.05) is 13.1 Å². The fraction of sp³-hybridized carbons (Fsp3) is 0.600. The average Bonchev–Trinajstić information content (AvgIpc) is 3.23. The largest absolute Gasteiger partial charge is 0.341 e. The number of hydrogen-bond acceptors (Lipinski definition) is 7. The summed E-state index contributed by atoms with van der Waals surface area (Å²) in [5, 5.41) is 8.74. The molecule has 122 valence electrons. The number of anilines is 2. The van der Waals surface area contributed by atoms with Gasteiger partial charge in [0, 0.05) is 6.04 Å². The van der Waals surface area contributed by atoms with Gasteiger partial charge in [-0.3, -0.25) is 9.99 Å². The highest BCUT2D eigenvalue weighted by Gasteiger charge is 2.39. The van der Waals surface area contributed by atoms with Crippen molar-refractivity contribution in [1.29, 1.82) is 0 Å². The molecule has 0 bridgehead atoms. The monoisotopic (exact) mass is 314 g/mol. The minimum atomic E-state index is 0.187. The van der Waals surface area contributed by atoms with E-state index in [4.69, 9.17) is 5.84 Å². The summed E-state index contributed by atoms with van der Waals surface area (Å²) in [7, 11) is 0. The van der Waals surface area contributed by atoms with Gasteiger partial charge < -0.3 is 4.90 Å². The molecule has 4 rings (SSSR count). The predicted octanol–water partition coefficient (Wildman–Crippen LogP) is 1.87. The van der Waals surface area contributed by atoms with Crippen LogP contribution in [0.1, 0.15) is 56.7 Å². The normalized spacial score (nSPS) is 20.5. The van der Waals surface area contributed by atoms with Gasteiger partial charge in [-0.2, -0.15) is 4.98 Å². The second-order valence-electron chi connectivity index (χ2n) is 6.26. The Morgan fingerprint density at radius 3 is 2.78 bits per heavy atom. The number of hydrogen-bond donors (Lipinski definition) is 2. The molecule has 1 atom stereocenters. The lowest BCUT2D eigenvalue weighted by molar-refractivity contribution is 0.468. The van der Waals surface area contributed by atoms with Crippen LogP contribution in [-0.2, 0) is 0 Å². The third-order valence-corrected chi connectivity index (χ3v) is 4.95. The van der Waals surface area contributed by atoms with Crippen LogP contribution in [0.25, 0.3) is 5.69 Å². The number of fused-ring (bicyclic) bond motifs is 3. The summed E-state index contributed by atoms with van der Waals surface area (Å²) in [5.74, 6) is 8.75. The summed E-state index contributed by atoms with van der Waals surface area (Å²) in [5.41, 5.74) is 3.51. The van der Waals surface area contributed by atoms with Crippen molar-refractivity contribution >= 4 is 11.8 Å². The first kappa shape index (κ1) is 14.4. The van der Waals surface area contributed by atoms with Crippen LogP contribution in [0.2, 0.25) is 0 Å². The van der Waals surface area contributed by atoms with Crippen LogP contribution in [0.3, 0.4) is 0 Å². The van der Waals surface area contributed by atoms with Crippen molar-refractivity contribution in [2.75, 3.05) is 10.3 Å². The van der Waals surface area contributed by atoms with Crippen molar-refractivity contribution in [1.82, 2.24) is 24.7 Å². The maximum absolute atomic E-state index is 5.53. The molecule has 0 radical (unpaired) electrons. The molecular weight excluding hydrogens is 292 g/mol. The minimum Gasteiger partial charge on any atom is -0.341 e. The molecule has 1 aliphatic heterocycles. The number of aryl methyl sites for hydroxylation is 1. The van der Waals surface area contributed by atoms with E-state index < -0.39 is 0 Å². The predicted molar refractivity (Wildman–Crippen MR) is 87.3 cm³/mol. The van der Waals surface area contributed by atoms with Crippen molar-refractivity contribution < 1.29 is 0 Å². The van der Waals surface area contributed by atoms with E-state index in [0.717, 1.165) is 29.6 Å². The number of nitrogens with one attached hydrogen (secondary N) is 1. The van der Waals surface area contributed by atoms with Crippen molar-refractivity contribution in [3.63, 3.8) is 0 Å². The van der Waals surface area contributed by atoms with Gasteiger partial charge in [0.2, 0.25) is 5.95 Å². The fourth-order valence-electron chi connectivity index (χ4n) is 3.94. The van der Waals surface area contributed by atoms with E-state index in [9.17, 15) is 0 Å². The molecule has 0 saturated heterocycles. The number of aromatic nitrogens is 5. The topological polar surface area (TPSA) is 97.8 Å². The first-order valence-electron chi connectivity index (χ1n) is 8.28. The highest BCUT2D eigenvalue weighted by Crippen LogP contribution is 2.43. The van der Waals surface area contributed by atoms with Gasteiger partial charge in [0.15, 0.2) is 11.6 Å². The van der Waals surface area contributed by atoms with E-state index in [1.54, 1.807) is 0 Å². The minimum absolute atomic E-state index is 0.187. The quantitative estimate of drug-likeness (QED) is 0.659. The second-order valence-corrected chi connectivity index (χ2v) is 6.26. The number of rotatable bonds is 3. The van der Waals surface area contributed by atoms with Gasteiger partial charge in [-0.05, 0) is 26.2 Å². The maximum atomic E-state index is 5.53. The summed E-state index contributed by atoms with van der Waals surface area (Å²) in [6, 6.07) is 0.678. The summed E-state index contributed by atoms with van der Waals surface area (Å²) >= 11 is 0. The molecule has 3 N–H and O–H groups in total. The Labute approximate surface area is 135 Å².